The quantitative estimate of drug-likeness (QED) is 0.599. The van der Waals surface area contributed by atoms with E-state index in [1.165, 1.54) is 5.56 Å². The van der Waals surface area contributed by atoms with Crippen molar-refractivity contribution in [3.8, 4) is 5.75 Å². The molecule has 0 bridgehead atoms. The molecule has 0 aliphatic rings. The normalized spacial score (nSPS) is 10.5. The number of aromatic nitrogens is 1. The van der Waals surface area contributed by atoms with E-state index in [1.54, 1.807) is 13.3 Å². The highest BCUT2D eigenvalue weighted by molar-refractivity contribution is 7.98. The minimum Gasteiger partial charge on any atom is -0.497 e. The Morgan fingerprint density at radius 2 is 1.96 bits per heavy atom. The summed E-state index contributed by atoms with van der Waals surface area (Å²) in [6.45, 7) is 0.737. The van der Waals surface area contributed by atoms with Crippen LogP contribution in [0.3, 0.4) is 0 Å². The molecule has 0 atom stereocenters. The number of ether oxygens (including phenoxy) is 1. The third kappa shape index (κ3) is 3.67. The summed E-state index contributed by atoms with van der Waals surface area (Å²) in [5.41, 5.74) is 4.14. The molecule has 0 spiro atoms. The number of anilines is 2. The molecule has 3 rings (SSSR count). The zero-order valence-electron chi connectivity index (χ0n) is 12.7. The largest absolute Gasteiger partial charge is 0.497 e. The van der Waals surface area contributed by atoms with Crippen molar-refractivity contribution in [3.05, 3.63) is 60.3 Å². The number of rotatable bonds is 6. The fourth-order valence-corrected chi connectivity index (χ4v) is 2.64. The van der Waals surface area contributed by atoms with Crippen molar-refractivity contribution < 1.29 is 4.74 Å². The second kappa shape index (κ2) is 7.21. The number of hydrogen-bond acceptors (Lipinski definition) is 6. The minimum atomic E-state index is 0.737. The number of pyridine rings is 1. The Morgan fingerprint density at radius 1 is 1.13 bits per heavy atom. The summed E-state index contributed by atoms with van der Waals surface area (Å²) in [5, 5.41) is 9.92. The van der Waals surface area contributed by atoms with Crippen molar-refractivity contribution >= 4 is 34.4 Å². The van der Waals surface area contributed by atoms with Gasteiger partial charge < -0.3 is 14.8 Å². The third-order valence-electron chi connectivity index (χ3n) is 3.56. The maximum atomic E-state index is 5.39. The molecule has 2 aromatic carbocycles. The molecule has 6 heteroatoms. The third-order valence-corrected chi connectivity index (χ3v) is 3.92. The first-order chi connectivity index (χ1) is 11.3. The van der Waals surface area contributed by atoms with Gasteiger partial charge in [0.05, 0.1) is 12.6 Å². The number of hydrogen-bond donors (Lipinski definition) is 3. The molecule has 0 amide bonds. The fraction of sp³-hybridized carbons (Fsp3) is 0.118. The van der Waals surface area contributed by atoms with E-state index in [1.807, 2.05) is 36.4 Å². The molecule has 0 radical (unpaired) electrons. The van der Waals surface area contributed by atoms with Crippen LogP contribution in [0.1, 0.15) is 5.56 Å². The van der Waals surface area contributed by atoms with Crippen LogP contribution in [0.4, 0.5) is 11.4 Å². The standard InChI is InChI=1S/C17H18N4OS/c1-22-14-6-7-15-16(8-9-19-17(15)10-14)20-11-12-2-4-13(5-3-12)21-23-18/h2-10,21H,11,18H2,1H3,(H,19,20). The number of nitrogens with one attached hydrogen (secondary N) is 2. The molecule has 0 saturated heterocycles. The lowest BCUT2D eigenvalue weighted by Crippen LogP contribution is -2.01. The highest BCUT2D eigenvalue weighted by Crippen LogP contribution is 2.25. The second-order valence-electron chi connectivity index (χ2n) is 5.01. The van der Waals surface area contributed by atoms with Crippen molar-refractivity contribution in [1.29, 1.82) is 0 Å². The summed E-state index contributed by atoms with van der Waals surface area (Å²) >= 11 is 1.09. The summed E-state index contributed by atoms with van der Waals surface area (Å²) < 4.78 is 8.24. The Labute approximate surface area is 139 Å². The first kappa shape index (κ1) is 15.5. The number of benzene rings is 2. The molecular formula is C17H18N4OS. The predicted octanol–water partition coefficient (Wildman–Crippen LogP) is 3.79. The Balaban J connectivity index is 1.76. The molecule has 0 aliphatic carbocycles. The highest BCUT2D eigenvalue weighted by Gasteiger charge is 2.03. The number of nitrogens with zero attached hydrogens (tertiary/aromatic N) is 1. The SMILES string of the molecule is COc1ccc2c(NCc3ccc(NSN)cc3)ccnc2c1. The van der Waals surface area contributed by atoms with Crippen LogP contribution < -0.4 is 19.9 Å². The van der Waals surface area contributed by atoms with Gasteiger partial charge in [-0.3, -0.25) is 10.1 Å². The van der Waals surface area contributed by atoms with Crippen molar-refractivity contribution in [2.75, 3.05) is 17.1 Å². The molecule has 5 nitrogen and oxygen atoms in total. The maximum Gasteiger partial charge on any atom is 0.121 e. The van der Waals surface area contributed by atoms with Gasteiger partial charge >= 0.3 is 0 Å². The van der Waals surface area contributed by atoms with Gasteiger partial charge in [0.1, 0.15) is 5.75 Å². The van der Waals surface area contributed by atoms with Gasteiger partial charge in [-0.1, -0.05) is 12.1 Å². The molecule has 1 heterocycles. The average Bonchev–Trinajstić information content (AvgIpc) is 2.61. The highest BCUT2D eigenvalue weighted by atomic mass is 32.2. The van der Waals surface area contributed by atoms with E-state index in [2.05, 4.69) is 27.2 Å². The molecule has 0 saturated carbocycles. The molecule has 0 fully saturated rings. The zero-order chi connectivity index (χ0) is 16.1. The first-order valence-electron chi connectivity index (χ1n) is 7.17. The van der Waals surface area contributed by atoms with Crippen LogP contribution in [0.25, 0.3) is 10.9 Å². The van der Waals surface area contributed by atoms with Crippen LogP contribution >= 0.6 is 12.1 Å². The van der Waals surface area contributed by atoms with Gasteiger partial charge in [0.25, 0.3) is 0 Å². The van der Waals surface area contributed by atoms with Gasteiger partial charge in [0, 0.05) is 47.7 Å². The van der Waals surface area contributed by atoms with Gasteiger partial charge in [-0.25, -0.2) is 0 Å². The van der Waals surface area contributed by atoms with Gasteiger partial charge in [-0.15, -0.1) is 0 Å². The first-order valence-corrected chi connectivity index (χ1v) is 8.05. The van der Waals surface area contributed by atoms with Crippen LogP contribution in [-0.2, 0) is 6.54 Å². The number of fused-ring (bicyclic) bond motifs is 1. The van der Waals surface area contributed by atoms with Crippen molar-refractivity contribution in [2.24, 2.45) is 5.14 Å². The topological polar surface area (TPSA) is 72.2 Å². The average molecular weight is 326 g/mol. The van der Waals surface area contributed by atoms with Crippen LogP contribution in [0.2, 0.25) is 0 Å². The van der Waals surface area contributed by atoms with Gasteiger partial charge in [-0.05, 0) is 35.9 Å². The molecule has 0 unspecified atom stereocenters. The van der Waals surface area contributed by atoms with Crippen molar-refractivity contribution in [2.45, 2.75) is 6.54 Å². The smallest absolute Gasteiger partial charge is 0.121 e. The molecule has 4 N–H and O–H groups in total. The molecule has 1 aromatic heterocycles. The van der Waals surface area contributed by atoms with E-state index in [0.717, 1.165) is 46.7 Å². The molecule has 118 valence electrons. The van der Waals surface area contributed by atoms with Crippen LogP contribution in [-0.4, -0.2) is 12.1 Å². The Hall–Kier alpha value is -2.44. The molecule has 3 aromatic rings. The van der Waals surface area contributed by atoms with E-state index in [4.69, 9.17) is 9.88 Å². The maximum absolute atomic E-state index is 5.39. The lowest BCUT2D eigenvalue weighted by atomic mass is 10.1. The van der Waals surface area contributed by atoms with E-state index < -0.39 is 0 Å². The zero-order valence-corrected chi connectivity index (χ0v) is 13.6. The van der Waals surface area contributed by atoms with Gasteiger partial charge in [0.2, 0.25) is 0 Å². The summed E-state index contributed by atoms with van der Waals surface area (Å²) in [6, 6.07) is 16.0. The summed E-state index contributed by atoms with van der Waals surface area (Å²) in [7, 11) is 1.66. The Bertz CT molecular complexity index is 792. The monoisotopic (exact) mass is 326 g/mol. The van der Waals surface area contributed by atoms with Gasteiger partial charge in [-0.2, -0.15) is 0 Å². The van der Waals surface area contributed by atoms with Crippen LogP contribution in [0.15, 0.2) is 54.7 Å². The summed E-state index contributed by atoms with van der Waals surface area (Å²) in [5.74, 6) is 0.808. The van der Waals surface area contributed by atoms with Crippen molar-refractivity contribution in [3.63, 3.8) is 0 Å². The second-order valence-corrected chi connectivity index (χ2v) is 5.45. The Morgan fingerprint density at radius 3 is 2.70 bits per heavy atom. The van der Waals surface area contributed by atoms with E-state index in [-0.39, 0.29) is 0 Å². The predicted molar refractivity (Wildman–Crippen MR) is 97.5 cm³/mol. The fourth-order valence-electron chi connectivity index (χ4n) is 2.36. The molecule has 23 heavy (non-hydrogen) atoms. The Kier molecular flexibility index (Phi) is 4.85. The van der Waals surface area contributed by atoms with Crippen LogP contribution in [0, 0.1) is 0 Å². The lowest BCUT2D eigenvalue weighted by molar-refractivity contribution is 0.415. The summed E-state index contributed by atoms with van der Waals surface area (Å²) in [4.78, 5) is 4.40. The van der Waals surface area contributed by atoms with Gasteiger partial charge in [0.15, 0.2) is 0 Å². The molecular weight excluding hydrogens is 308 g/mol. The number of methoxy groups -OCH3 is 1. The minimum absolute atomic E-state index is 0.737. The van der Waals surface area contributed by atoms with E-state index in [9.17, 15) is 0 Å². The summed E-state index contributed by atoms with van der Waals surface area (Å²) in [6.07, 6.45) is 1.80. The lowest BCUT2D eigenvalue weighted by Gasteiger charge is -2.11. The number of nitrogens with two attached hydrogens (primary N) is 1. The van der Waals surface area contributed by atoms with E-state index >= 15 is 0 Å². The molecule has 0 aliphatic heterocycles. The van der Waals surface area contributed by atoms with Crippen LogP contribution in [0.5, 0.6) is 5.75 Å². The van der Waals surface area contributed by atoms with E-state index in [0.29, 0.717) is 0 Å². The van der Waals surface area contributed by atoms with Crippen molar-refractivity contribution in [1.82, 2.24) is 4.98 Å².